The first-order valence-corrected chi connectivity index (χ1v) is 33.2. The van der Waals surface area contributed by atoms with Crippen LogP contribution in [0.2, 0.25) is 0 Å². The van der Waals surface area contributed by atoms with Crippen LogP contribution in [0, 0.1) is 0 Å². The Bertz CT molecular complexity index is 1920. The average molecular weight is 1180 g/mol. The number of aliphatic hydroxyl groups excluding tert-OH is 2. The first kappa shape index (κ1) is 77.2. The van der Waals surface area contributed by atoms with E-state index in [9.17, 15) is 43.5 Å². The lowest BCUT2D eigenvalue weighted by molar-refractivity contribution is -0.161. The highest BCUT2D eigenvalue weighted by atomic mass is 31.2. The predicted octanol–water partition coefficient (Wildman–Crippen LogP) is 15.7. The summed E-state index contributed by atoms with van der Waals surface area (Å²) < 4.78 is 60.6. The molecule has 0 aliphatic heterocycles. The molecular formula is C63H106O16P2. The smallest absolute Gasteiger partial charge is 0.463 e. The monoisotopic (exact) mass is 1180 g/mol. The van der Waals surface area contributed by atoms with Crippen molar-refractivity contribution in [1.82, 2.24) is 0 Å². The van der Waals surface area contributed by atoms with E-state index in [0.717, 1.165) is 154 Å². The fraction of sp³-hybridized carbons (Fsp3) is 0.667. The van der Waals surface area contributed by atoms with Crippen molar-refractivity contribution in [3.05, 3.63) is 109 Å². The second-order valence-electron chi connectivity index (χ2n) is 19.7. The Morgan fingerprint density at radius 3 is 0.975 bits per heavy atom. The van der Waals surface area contributed by atoms with Gasteiger partial charge in [-0.25, -0.2) is 9.13 Å². The van der Waals surface area contributed by atoms with Gasteiger partial charge in [0.05, 0.1) is 26.4 Å². The number of hydrogen-bond donors (Lipinski definition) is 4. The van der Waals surface area contributed by atoms with Crippen LogP contribution < -0.4 is 0 Å². The number of esters is 3. The number of aliphatic hydroxyl groups is 2. The van der Waals surface area contributed by atoms with Crippen molar-refractivity contribution in [2.45, 2.75) is 232 Å². The zero-order valence-corrected chi connectivity index (χ0v) is 51.5. The van der Waals surface area contributed by atoms with Crippen LogP contribution in [0.1, 0.15) is 213 Å². The van der Waals surface area contributed by atoms with E-state index in [1.165, 1.54) is 0 Å². The van der Waals surface area contributed by atoms with Gasteiger partial charge < -0.3 is 34.2 Å². The van der Waals surface area contributed by atoms with Crippen molar-refractivity contribution < 1.29 is 75.8 Å². The SMILES string of the molecule is CC/C=C\C/C=C\C/C=C\CCCCCCCC(=O)OCC(O)COP(=O)(O)OCC(O)COP(=O)(O)OCC(COC(=O)CCCCCCC/C=C\C/C=C\C/C=C\CC)OC(=O)CCCCCCC/C=C\C/C=C\C/C=C\CC. The number of carbonyl (C=O) groups excluding carboxylic acids is 3. The third-order valence-electron chi connectivity index (χ3n) is 12.0. The van der Waals surface area contributed by atoms with E-state index < -0.39 is 91.5 Å². The van der Waals surface area contributed by atoms with E-state index in [1.54, 1.807) is 0 Å². The molecule has 0 aliphatic rings. The van der Waals surface area contributed by atoms with Gasteiger partial charge in [0.2, 0.25) is 0 Å². The number of allylic oxidation sites excluding steroid dienone is 18. The highest BCUT2D eigenvalue weighted by molar-refractivity contribution is 7.47. The molecule has 0 bridgehead atoms. The Balaban J connectivity index is 4.77. The molecule has 0 aromatic rings. The van der Waals surface area contributed by atoms with Gasteiger partial charge in [-0.2, -0.15) is 0 Å². The van der Waals surface area contributed by atoms with Crippen LogP contribution in [0.3, 0.4) is 0 Å². The molecule has 5 atom stereocenters. The zero-order chi connectivity index (χ0) is 59.6. The lowest BCUT2D eigenvalue weighted by atomic mass is 10.1. The summed E-state index contributed by atoms with van der Waals surface area (Å²) in [5.74, 6) is -1.64. The van der Waals surface area contributed by atoms with Crippen LogP contribution in [0.4, 0.5) is 0 Å². The highest BCUT2D eigenvalue weighted by Gasteiger charge is 2.29. The Morgan fingerprint density at radius 2 is 0.617 bits per heavy atom. The molecule has 0 amide bonds. The summed E-state index contributed by atoms with van der Waals surface area (Å²) in [6.45, 7) is 2.23. The standard InChI is InChI=1S/C63H106O16P2/c1-4-7-10-13-16-19-22-25-28-31-34-37-40-43-46-49-61(66)73-52-58(64)53-75-80(69,70)76-54-59(65)55-77-81(71,72)78-57-60(79-63(68)51-48-45-42-39-36-33-30-27-24-21-18-15-12-9-6-3)56-74-62(67)50-47-44-41-38-35-32-29-26-23-20-17-14-11-8-5-2/h7-12,16-21,25-30,58-60,64-65H,4-6,13-15,22-24,31-57H2,1-3H3,(H,69,70)(H,71,72)/b10-7-,11-8-,12-9-,19-16-,20-17-,21-18-,28-25-,29-26-,30-27-. The number of phosphoric ester groups is 2. The van der Waals surface area contributed by atoms with Crippen molar-refractivity contribution in [3.8, 4) is 0 Å². The van der Waals surface area contributed by atoms with Crippen LogP contribution in [0.15, 0.2) is 109 Å². The third kappa shape index (κ3) is 57.8. The van der Waals surface area contributed by atoms with Gasteiger partial charge in [-0.1, -0.05) is 188 Å². The molecule has 0 radical (unpaired) electrons. The zero-order valence-electron chi connectivity index (χ0n) is 49.7. The second-order valence-corrected chi connectivity index (χ2v) is 22.6. The van der Waals surface area contributed by atoms with Crippen LogP contribution in [0.25, 0.3) is 0 Å². The van der Waals surface area contributed by atoms with Crippen molar-refractivity contribution in [1.29, 1.82) is 0 Å². The molecule has 16 nitrogen and oxygen atoms in total. The molecule has 0 saturated heterocycles. The van der Waals surface area contributed by atoms with Crippen molar-refractivity contribution >= 4 is 33.6 Å². The van der Waals surface area contributed by atoms with Crippen molar-refractivity contribution in [2.75, 3.05) is 39.6 Å². The molecule has 0 aliphatic carbocycles. The molecule has 18 heteroatoms. The quantitative estimate of drug-likeness (QED) is 0.0146. The summed E-state index contributed by atoms with van der Waals surface area (Å²) in [5.41, 5.74) is 0. The molecule has 81 heavy (non-hydrogen) atoms. The number of hydrogen-bond acceptors (Lipinski definition) is 14. The summed E-state index contributed by atoms with van der Waals surface area (Å²) >= 11 is 0. The van der Waals surface area contributed by atoms with Gasteiger partial charge in [-0.3, -0.25) is 32.5 Å². The molecule has 0 rings (SSSR count). The number of unbranched alkanes of at least 4 members (excludes halogenated alkanes) is 15. The molecule has 0 aromatic carbocycles. The van der Waals surface area contributed by atoms with Gasteiger partial charge >= 0.3 is 33.6 Å². The van der Waals surface area contributed by atoms with Gasteiger partial charge in [0.1, 0.15) is 25.4 Å². The van der Waals surface area contributed by atoms with E-state index in [1.807, 2.05) is 0 Å². The molecule has 0 spiro atoms. The van der Waals surface area contributed by atoms with Crippen LogP contribution >= 0.6 is 15.6 Å². The largest absolute Gasteiger partial charge is 0.472 e. The second kappa shape index (κ2) is 56.7. The number of carbonyl (C=O) groups is 3. The summed E-state index contributed by atoms with van der Waals surface area (Å²) in [4.78, 5) is 58.1. The molecule has 0 saturated carbocycles. The summed E-state index contributed by atoms with van der Waals surface area (Å²) in [7, 11) is -9.78. The third-order valence-corrected chi connectivity index (χ3v) is 13.9. The molecule has 464 valence electrons. The minimum Gasteiger partial charge on any atom is -0.463 e. The Morgan fingerprint density at radius 1 is 0.346 bits per heavy atom. The fourth-order valence-electron chi connectivity index (χ4n) is 7.43. The van der Waals surface area contributed by atoms with Gasteiger partial charge in [0.25, 0.3) is 0 Å². The van der Waals surface area contributed by atoms with E-state index in [-0.39, 0.29) is 19.3 Å². The van der Waals surface area contributed by atoms with Crippen molar-refractivity contribution in [2.24, 2.45) is 0 Å². The number of phosphoric acid groups is 2. The van der Waals surface area contributed by atoms with E-state index in [4.69, 9.17) is 32.3 Å². The van der Waals surface area contributed by atoms with Crippen molar-refractivity contribution in [3.63, 3.8) is 0 Å². The van der Waals surface area contributed by atoms with E-state index >= 15 is 0 Å². The predicted molar refractivity (Wildman–Crippen MR) is 325 cm³/mol. The molecule has 5 unspecified atom stereocenters. The first-order chi connectivity index (χ1) is 39.2. The van der Waals surface area contributed by atoms with E-state index in [0.29, 0.717) is 19.3 Å². The van der Waals surface area contributed by atoms with Crippen LogP contribution in [0.5, 0.6) is 0 Å². The average Bonchev–Trinajstić information content (AvgIpc) is 3.45. The van der Waals surface area contributed by atoms with E-state index in [2.05, 4.69) is 130 Å². The number of ether oxygens (including phenoxy) is 3. The summed E-state index contributed by atoms with van der Waals surface area (Å²) in [6.07, 6.45) is 60.1. The topological polar surface area (TPSA) is 231 Å². The normalized spacial score (nSPS) is 15.2. The fourth-order valence-corrected chi connectivity index (χ4v) is 9.02. The first-order valence-electron chi connectivity index (χ1n) is 30.2. The maximum Gasteiger partial charge on any atom is 0.472 e. The molecule has 0 aromatic heterocycles. The Kier molecular flexibility index (Phi) is 54.0. The molecule has 4 N–H and O–H groups in total. The Hall–Kier alpha value is -3.79. The lowest BCUT2D eigenvalue weighted by Gasteiger charge is -2.21. The van der Waals surface area contributed by atoms with Gasteiger partial charge in [0, 0.05) is 19.3 Å². The minimum absolute atomic E-state index is 0.0779. The molecule has 0 heterocycles. The molecular weight excluding hydrogens is 1070 g/mol. The van der Waals surface area contributed by atoms with Gasteiger partial charge in [-0.05, 0) is 116 Å². The summed E-state index contributed by atoms with van der Waals surface area (Å²) in [5, 5.41) is 20.5. The maximum atomic E-state index is 12.9. The minimum atomic E-state index is -4.93. The highest BCUT2D eigenvalue weighted by Crippen LogP contribution is 2.45. The number of rotatable bonds is 56. The van der Waals surface area contributed by atoms with Crippen LogP contribution in [-0.4, -0.2) is 95.9 Å². The lowest BCUT2D eigenvalue weighted by Crippen LogP contribution is -2.30. The van der Waals surface area contributed by atoms with Crippen LogP contribution in [-0.2, 0) is 55.8 Å². The van der Waals surface area contributed by atoms with Gasteiger partial charge in [-0.15, -0.1) is 0 Å². The summed E-state index contributed by atoms with van der Waals surface area (Å²) in [6, 6.07) is 0. The molecule has 0 fully saturated rings. The Labute approximate surface area is 488 Å². The maximum absolute atomic E-state index is 12.9. The van der Waals surface area contributed by atoms with Gasteiger partial charge in [0.15, 0.2) is 6.10 Å².